The number of rotatable bonds is 5. The Kier molecular flexibility index (Phi) is 5.22. The van der Waals surface area contributed by atoms with Crippen LogP contribution in [0.15, 0.2) is 12.7 Å². The van der Waals surface area contributed by atoms with Crippen molar-refractivity contribution in [3.8, 4) is 0 Å². The largest absolute Gasteiger partial charge is 0.459 e. The molecule has 0 saturated carbocycles. The van der Waals surface area contributed by atoms with Crippen molar-refractivity contribution in [1.29, 1.82) is 0 Å². The van der Waals surface area contributed by atoms with E-state index in [1.54, 1.807) is 0 Å². The summed E-state index contributed by atoms with van der Waals surface area (Å²) in [6.07, 6.45) is -1.49. The first-order valence-electron chi connectivity index (χ1n) is 3.24. The molecule has 0 bridgehead atoms. The van der Waals surface area contributed by atoms with Crippen LogP contribution in [-0.2, 0) is 14.3 Å². The Morgan fingerprint density at radius 1 is 1.54 bits per heavy atom. The highest BCUT2D eigenvalue weighted by molar-refractivity contribution is 6.32. The Morgan fingerprint density at radius 3 is 2.46 bits per heavy atom. The lowest BCUT2D eigenvalue weighted by atomic mass is 10.3. The zero-order valence-electron chi connectivity index (χ0n) is 6.50. The average molecular weight is 213 g/mol. The van der Waals surface area contributed by atoms with E-state index in [4.69, 9.17) is 0 Å². The molecule has 0 N–H and O–H groups in total. The monoisotopic (exact) mass is 212 g/mol. The Balaban J connectivity index is 4.09. The fourth-order valence-corrected chi connectivity index (χ4v) is 0.552. The third-order valence-corrected chi connectivity index (χ3v) is 1.23. The van der Waals surface area contributed by atoms with Crippen LogP contribution in [0.2, 0.25) is 0 Å². The average Bonchev–Trinajstić information content (AvgIpc) is 2.11. The Hall–Kier alpha value is -0.970. The molecule has 0 fully saturated rings. The number of hydrogen-bond acceptors (Lipinski definition) is 3. The summed E-state index contributed by atoms with van der Waals surface area (Å²) in [5.41, 5.74) is -2.54. The van der Waals surface area contributed by atoms with Crippen LogP contribution in [-0.4, -0.2) is 30.2 Å². The summed E-state index contributed by atoms with van der Waals surface area (Å²) < 4.78 is 28.7. The van der Waals surface area contributed by atoms with Gasteiger partial charge in [-0.05, 0) is 0 Å². The molecule has 2 unspecified atom stereocenters. The van der Waals surface area contributed by atoms with Crippen LogP contribution in [0.4, 0.5) is 8.78 Å². The topological polar surface area (TPSA) is 43.4 Å². The maximum absolute atomic E-state index is 12.6. The van der Waals surface area contributed by atoms with Crippen molar-refractivity contribution in [2.75, 3.05) is 6.61 Å². The molecular weight excluding hydrogens is 206 g/mol. The van der Waals surface area contributed by atoms with Crippen molar-refractivity contribution in [2.24, 2.45) is 0 Å². The third-order valence-electron chi connectivity index (χ3n) is 1.02. The summed E-state index contributed by atoms with van der Waals surface area (Å²) in [7, 11) is 0. The fraction of sp³-hybridized carbons (Fsp3) is 0.429. The number of Topliss-reactive ketones (excluding diaryl/α,β-unsaturated/α-hetero) is 1. The lowest BCUT2D eigenvalue weighted by molar-refractivity contribution is -0.152. The van der Waals surface area contributed by atoms with Crippen molar-refractivity contribution in [3.05, 3.63) is 12.7 Å². The molecule has 0 spiro atoms. The summed E-state index contributed by atoms with van der Waals surface area (Å²) in [6.45, 7) is 2.94. The standard InChI is InChI=1S/C7H7ClF2O3/c1-2-3-13-7(12)4(9)5(11)6(8)10/h2,4,6H,1,3H2. The SMILES string of the molecule is C=CCOC(=O)C(F)C(=O)C(F)Cl. The molecule has 13 heavy (non-hydrogen) atoms. The van der Waals surface area contributed by atoms with Crippen LogP contribution in [0.25, 0.3) is 0 Å². The third kappa shape index (κ3) is 3.98. The molecular formula is C7H7ClF2O3. The molecule has 0 aliphatic carbocycles. The van der Waals surface area contributed by atoms with Crippen LogP contribution >= 0.6 is 11.6 Å². The first-order chi connectivity index (χ1) is 6.00. The normalized spacial score (nSPS) is 14.4. The van der Waals surface area contributed by atoms with Gasteiger partial charge in [0, 0.05) is 0 Å². The van der Waals surface area contributed by atoms with Crippen molar-refractivity contribution in [2.45, 2.75) is 11.8 Å². The number of ketones is 1. The molecule has 6 heteroatoms. The number of carbonyl (C=O) groups excluding carboxylic acids is 2. The highest BCUT2D eigenvalue weighted by atomic mass is 35.5. The Morgan fingerprint density at radius 2 is 2.08 bits per heavy atom. The van der Waals surface area contributed by atoms with Gasteiger partial charge in [0.25, 0.3) is 6.17 Å². The van der Waals surface area contributed by atoms with Crippen LogP contribution in [0.3, 0.4) is 0 Å². The van der Waals surface area contributed by atoms with E-state index in [-0.39, 0.29) is 6.61 Å². The number of ether oxygens (including phenoxy) is 1. The van der Waals surface area contributed by atoms with Gasteiger partial charge < -0.3 is 4.74 Å². The second kappa shape index (κ2) is 5.64. The minimum Gasteiger partial charge on any atom is -0.459 e. The van der Waals surface area contributed by atoms with Gasteiger partial charge >= 0.3 is 5.97 Å². The maximum atomic E-state index is 12.6. The van der Waals surface area contributed by atoms with Gasteiger partial charge in [-0.2, -0.15) is 0 Å². The molecule has 0 aliphatic heterocycles. The van der Waals surface area contributed by atoms with E-state index in [0.29, 0.717) is 0 Å². The molecule has 3 nitrogen and oxygen atoms in total. The number of esters is 1. The van der Waals surface area contributed by atoms with E-state index >= 15 is 0 Å². The zero-order chi connectivity index (χ0) is 10.4. The van der Waals surface area contributed by atoms with Crippen LogP contribution in [0.5, 0.6) is 0 Å². The highest BCUT2D eigenvalue weighted by Gasteiger charge is 2.32. The molecule has 0 rings (SSSR count). The number of halogens is 3. The Labute approximate surface area is 78.3 Å². The van der Waals surface area contributed by atoms with Gasteiger partial charge in [0.1, 0.15) is 6.61 Å². The predicted molar refractivity (Wildman–Crippen MR) is 41.8 cm³/mol. The molecule has 2 atom stereocenters. The quantitative estimate of drug-likeness (QED) is 0.297. The summed E-state index contributed by atoms with van der Waals surface area (Å²) in [5.74, 6) is -3.12. The van der Waals surface area contributed by atoms with Crippen molar-refractivity contribution < 1.29 is 23.1 Å². The molecule has 74 valence electrons. The first kappa shape index (κ1) is 12.0. The van der Waals surface area contributed by atoms with Crippen molar-refractivity contribution in [3.63, 3.8) is 0 Å². The van der Waals surface area contributed by atoms with Crippen LogP contribution < -0.4 is 0 Å². The van der Waals surface area contributed by atoms with Gasteiger partial charge in [-0.15, -0.1) is 0 Å². The van der Waals surface area contributed by atoms with Gasteiger partial charge in [0.2, 0.25) is 11.4 Å². The first-order valence-corrected chi connectivity index (χ1v) is 3.67. The lowest BCUT2D eigenvalue weighted by Gasteiger charge is -2.05. The van der Waals surface area contributed by atoms with E-state index < -0.39 is 23.6 Å². The van der Waals surface area contributed by atoms with Gasteiger partial charge in [0.05, 0.1) is 0 Å². The second-order valence-electron chi connectivity index (χ2n) is 1.98. The fourth-order valence-electron chi connectivity index (χ4n) is 0.441. The molecule has 0 amide bonds. The van der Waals surface area contributed by atoms with E-state index in [2.05, 4.69) is 22.9 Å². The van der Waals surface area contributed by atoms with Crippen molar-refractivity contribution >= 4 is 23.4 Å². The summed E-state index contributed by atoms with van der Waals surface area (Å²) in [5, 5.41) is 0. The van der Waals surface area contributed by atoms with Crippen molar-refractivity contribution in [1.82, 2.24) is 0 Å². The van der Waals surface area contributed by atoms with Crippen LogP contribution in [0, 0.1) is 0 Å². The van der Waals surface area contributed by atoms with E-state index in [0.717, 1.165) is 0 Å². The second-order valence-corrected chi connectivity index (χ2v) is 2.37. The minimum absolute atomic E-state index is 0.244. The van der Waals surface area contributed by atoms with Crippen LogP contribution in [0.1, 0.15) is 0 Å². The highest BCUT2D eigenvalue weighted by Crippen LogP contribution is 2.07. The molecule has 0 radical (unpaired) electrons. The van der Waals surface area contributed by atoms with E-state index in [9.17, 15) is 18.4 Å². The molecule has 0 saturated heterocycles. The Bertz CT molecular complexity index is 218. The summed E-state index contributed by atoms with van der Waals surface area (Å²) in [6, 6.07) is 0. The zero-order valence-corrected chi connectivity index (χ0v) is 7.26. The number of carbonyl (C=O) groups is 2. The predicted octanol–water partition coefficient (Wildman–Crippen LogP) is 1.16. The molecule has 0 aromatic rings. The molecule has 0 aliphatic rings. The van der Waals surface area contributed by atoms with Gasteiger partial charge in [-0.1, -0.05) is 24.3 Å². The van der Waals surface area contributed by atoms with Gasteiger partial charge in [-0.3, -0.25) is 4.79 Å². The molecule has 0 aromatic heterocycles. The van der Waals surface area contributed by atoms with Gasteiger partial charge in [0.15, 0.2) is 0 Å². The minimum atomic E-state index is -2.67. The summed E-state index contributed by atoms with van der Waals surface area (Å²) >= 11 is 4.62. The summed E-state index contributed by atoms with van der Waals surface area (Å²) in [4.78, 5) is 21.0. The number of alkyl halides is 3. The number of hydrogen-bond donors (Lipinski definition) is 0. The molecule has 0 aromatic carbocycles. The van der Waals surface area contributed by atoms with E-state index in [1.165, 1.54) is 6.08 Å². The van der Waals surface area contributed by atoms with E-state index in [1.807, 2.05) is 0 Å². The smallest absolute Gasteiger partial charge is 0.349 e. The maximum Gasteiger partial charge on any atom is 0.349 e. The molecule has 0 heterocycles. The van der Waals surface area contributed by atoms with Gasteiger partial charge in [-0.25, -0.2) is 13.6 Å². The lowest BCUT2D eigenvalue weighted by Crippen LogP contribution is -2.31.